The van der Waals surface area contributed by atoms with Gasteiger partial charge in [-0.25, -0.2) is 8.78 Å². The zero-order valence-electron chi connectivity index (χ0n) is 10.5. The number of hydrogen-bond donors (Lipinski definition) is 0. The Morgan fingerprint density at radius 3 is 2.00 bits per heavy atom. The predicted molar refractivity (Wildman–Crippen MR) is 70.9 cm³/mol. The molecule has 0 N–H and O–H groups in total. The lowest BCUT2D eigenvalue weighted by Gasteiger charge is -2.09. The minimum Gasteiger partial charge on any atom is -0.205 e. The Morgan fingerprint density at radius 1 is 0.778 bits per heavy atom. The highest BCUT2D eigenvalue weighted by Gasteiger charge is 2.07. The van der Waals surface area contributed by atoms with Crippen LogP contribution in [0, 0.1) is 0 Å². The largest absolute Gasteiger partial charge is 0.263 e. The summed E-state index contributed by atoms with van der Waals surface area (Å²) < 4.78 is 24.9. The van der Waals surface area contributed by atoms with Gasteiger partial charge in [-0.3, -0.25) is 0 Å². The third-order valence-corrected chi connectivity index (χ3v) is 3.05. The zero-order valence-corrected chi connectivity index (χ0v) is 10.5. The maximum absolute atomic E-state index is 12.5. The van der Waals surface area contributed by atoms with Crippen LogP contribution in [0.2, 0.25) is 0 Å². The van der Waals surface area contributed by atoms with Gasteiger partial charge >= 0.3 is 0 Å². The van der Waals surface area contributed by atoms with Crippen LogP contribution >= 0.6 is 0 Å². The Balaban J connectivity index is 2.33. The molecule has 2 rings (SSSR count). The van der Waals surface area contributed by atoms with Crippen LogP contribution < -0.4 is 0 Å². The zero-order chi connectivity index (χ0) is 13.1. The summed E-state index contributed by atoms with van der Waals surface area (Å²) in [5.74, 6) is 0.463. The minimum absolute atomic E-state index is 0.0683. The van der Waals surface area contributed by atoms with Crippen molar-refractivity contribution in [3.05, 3.63) is 59.7 Å². The maximum Gasteiger partial charge on any atom is 0.263 e. The predicted octanol–water partition coefficient (Wildman–Crippen LogP) is 5.41. The van der Waals surface area contributed by atoms with E-state index < -0.39 is 6.43 Å². The van der Waals surface area contributed by atoms with Gasteiger partial charge in [-0.1, -0.05) is 62.4 Å². The molecular weight excluding hydrogens is 230 g/mol. The summed E-state index contributed by atoms with van der Waals surface area (Å²) in [5.41, 5.74) is 3.37. The van der Waals surface area contributed by atoms with Gasteiger partial charge in [-0.15, -0.1) is 0 Å². The Morgan fingerprint density at radius 2 is 1.44 bits per heavy atom. The summed E-state index contributed by atoms with van der Waals surface area (Å²) in [7, 11) is 0. The van der Waals surface area contributed by atoms with E-state index in [4.69, 9.17) is 0 Å². The highest BCUT2D eigenvalue weighted by molar-refractivity contribution is 5.64. The highest BCUT2D eigenvalue weighted by Crippen LogP contribution is 2.26. The Kier molecular flexibility index (Phi) is 3.75. The standard InChI is InChI=1S/C16H16F2/c1-11(2)14-4-3-5-15(10-14)12-6-8-13(9-7-12)16(17)18/h3-11,16H,1-2H3. The van der Waals surface area contributed by atoms with Crippen LogP contribution in [0.15, 0.2) is 48.5 Å². The quantitative estimate of drug-likeness (QED) is 0.678. The van der Waals surface area contributed by atoms with E-state index in [1.54, 1.807) is 12.1 Å². The molecule has 0 nitrogen and oxygen atoms in total. The monoisotopic (exact) mass is 246 g/mol. The van der Waals surface area contributed by atoms with E-state index in [1.165, 1.54) is 17.7 Å². The van der Waals surface area contributed by atoms with Gasteiger partial charge < -0.3 is 0 Å². The molecule has 0 unspecified atom stereocenters. The van der Waals surface area contributed by atoms with Crippen LogP contribution in [-0.2, 0) is 0 Å². The van der Waals surface area contributed by atoms with Crippen LogP contribution in [0.25, 0.3) is 11.1 Å². The molecule has 0 atom stereocenters. The van der Waals surface area contributed by atoms with Crippen molar-refractivity contribution in [1.82, 2.24) is 0 Å². The first-order valence-corrected chi connectivity index (χ1v) is 6.06. The van der Waals surface area contributed by atoms with E-state index in [9.17, 15) is 8.78 Å². The number of hydrogen-bond acceptors (Lipinski definition) is 0. The van der Waals surface area contributed by atoms with E-state index in [2.05, 4.69) is 26.0 Å². The molecule has 2 aromatic carbocycles. The average Bonchev–Trinajstić information content (AvgIpc) is 2.39. The molecule has 0 aliphatic heterocycles. The Bertz CT molecular complexity index is 513. The molecule has 0 spiro atoms. The molecule has 2 heteroatoms. The Labute approximate surface area is 106 Å². The van der Waals surface area contributed by atoms with E-state index in [-0.39, 0.29) is 5.56 Å². The van der Waals surface area contributed by atoms with Crippen molar-refractivity contribution in [3.63, 3.8) is 0 Å². The molecule has 2 aromatic rings. The van der Waals surface area contributed by atoms with E-state index in [1.807, 2.05) is 12.1 Å². The molecule has 0 radical (unpaired) electrons. The molecule has 0 saturated carbocycles. The topological polar surface area (TPSA) is 0 Å². The van der Waals surface area contributed by atoms with Gasteiger partial charge in [0.2, 0.25) is 0 Å². The molecule has 0 aromatic heterocycles. The summed E-state index contributed by atoms with van der Waals surface area (Å²) in [5, 5.41) is 0. The minimum atomic E-state index is -2.40. The lowest BCUT2D eigenvalue weighted by Crippen LogP contribution is -1.88. The second-order valence-corrected chi connectivity index (χ2v) is 4.70. The average molecular weight is 246 g/mol. The fourth-order valence-corrected chi connectivity index (χ4v) is 1.90. The first-order valence-electron chi connectivity index (χ1n) is 6.06. The number of rotatable bonds is 3. The molecule has 0 aliphatic rings. The first-order chi connectivity index (χ1) is 8.58. The van der Waals surface area contributed by atoms with Gasteiger partial charge in [-0.2, -0.15) is 0 Å². The smallest absolute Gasteiger partial charge is 0.205 e. The summed E-state index contributed by atoms with van der Waals surface area (Å²) in [6.07, 6.45) is -2.40. The van der Waals surface area contributed by atoms with E-state index in [0.717, 1.165) is 11.1 Å². The molecule has 94 valence electrons. The van der Waals surface area contributed by atoms with E-state index in [0.29, 0.717) is 5.92 Å². The van der Waals surface area contributed by atoms with Crippen LogP contribution in [0.3, 0.4) is 0 Å². The molecule has 18 heavy (non-hydrogen) atoms. The molecule has 0 heterocycles. The molecule has 0 aliphatic carbocycles. The summed E-state index contributed by atoms with van der Waals surface area (Å²) >= 11 is 0. The van der Waals surface area contributed by atoms with Crippen molar-refractivity contribution < 1.29 is 8.78 Å². The maximum atomic E-state index is 12.5. The lowest BCUT2D eigenvalue weighted by atomic mass is 9.97. The second-order valence-electron chi connectivity index (χ2n) is 4.70. The van der Waals surface area contributed by atoms with Crippen molar-refractivity contribution >= 4 is 0 Å². The summed E-state index contributed by atoms with van der Waals surface area (Å²) in [4.78, 5) is 0. The fraction of sp³-hybridized carbons (Fsp3) is 0.250. The van der Waals surface area contributed by atoms with Gasteiger partial charge in [-0.05, 0) is 22.6 Å². The molecule has 0 amide bonds. The van der Waals surface area contributed by atoms with Crippen molar-refractivity contribution in [1.29, 1.82) is 0 Å². The lowest BCUT2D eigenvalue weighted by molar-refractivity contribution is 0.151. The Hall–Kier alpha value is -1.70. The number of alkyl halides is 2. The first kappa shape index (κ1) is 12.7. The fourth-order valence-electron chi connectivity index (χ4n) is 1.90. The summed E-state index contributed by atoms with van der Waals surface area (Å²) in [6, 6.07) is 14.7. The normalized spacial score (nSPS) is 11.2. The molecular formula is C16H16F2. The van der Waals surface area contributed by atoms with Gasteiger partial charge in [0.1, 0.15) is 0 Å². The van der Waals surface area contributed by atoms with Crippen LogP contribution in [0.4, 0.5) is 8.78 Å². The van der Waals surface area contributed by atoms with Crippen LogP contribution in [0.5, 0.6) is 0 Å². The second kappa shape index (κ2) is 5.30. The SMILES string of the molecule is CC(C)c1cccc(-c2ccc(C(F)F)cc2)c1. The third kappa shape index (κ3) is 2.76. The van der Waals surface area contributed by atoms with Gasteiger partial charge in [0.25, 0.3) is 6.43 Å². The van der Waals surface area contributed by atoms with Gasteiger partial charge in [0.15, 0.2) is 0 Å². The van der Waals surface area contributed by atoms with Gasteiger partial charge in [0.05, 0.1) is 0 Å². The molecule has 0 bridgehead atoms. The van der Waals surface area contributed by atoms with Crippen LogP contribution in [-0.4, -0.2) is 0 Å². The van der Waals surface area contributed by atoms with Crippen molar-refractivity contribution in [2.24, 2.45) is 0 Å². The van der Waals surface area contributed by atoms with Crippen LogP contribution in [0.1, 0.15) is 37.3 Å². The number of halogens is 2. The van der Waals surface area contributed by atoms with Crippen molar-refractivity contribution in [3.8, 4) is 11.1 Å². The molecule has 0 saturated heterocycles. The van der Waals surface area contributed by atoms with E-state index >= 15 is 0 Å². The highest BCUT2D eigenvalue weighted by atomic mass is 19.3. The van der Waals surface area contributed by atoms with Gasteiger partial charge in [0, 0.05) is 5.56 Å². The summed E-state index contributed by atoms with van der Waals surface area (Å²) in [6.45, 7) is 4.28. The van der Waals surface area contributed by atoms with Crippen molar-refractivity contribution in [2.45, 2.75) is 26.2 Å². The molecule has 0 fully saturated rings. The number of benzene rings is 2. The van der Waals surface area contributed by atoms with Crippen molar-refractivity contribution in [2.75, 3.05) is 0 Å². The third-order valence-electron chi connectivity index (χ3n) is 3.05.